The molecule has 0 spiro atoms. The van der Waals surface area contributed by atoms with Gasteiger partial charge in [-0.25, -0.2) is 9.59 Å². The highest BCUT2D eigenvalue weighted by atomic mass is 16.7. The van der Waals surface area contributed by atoms with E-state index < -0.39 is 18.4 Å². The van der Waals surface area contributed by atoms with Gasteiger partial charge < -0.3 is 19.3 Å². The van der Waals surface area contributed by atoms with Crippen molar-refractivity contribution in [2.45, 2.75) is 78.6 Å². The largest absolute Gasteiger partial charge is 0.508 e. The average Bonchev–Trinajstić information content (AvgIpc) is 3.22. The molecule has 3 unspecified atom stereocenters. The number of aliphatic hydroxyl groups excluding tert-OH is 1. The minimum Gasteiger partial charge on any atom is -0.508 e. The van der Waals surface area contributed by atoms with Crippen molar-refractivity contribution in [1.29, 1.82) is 0 Å². The highest BCUT2D eigenvalue weighted by Crippen LogP contribution is 2.25. The van der Waals surface area contributed by atoms with Gasteiger partial charge in [0.05, 0.1) is 5.57 Å². The molecule has 0 saturated heterocycles. The van der Waals surface area contributed by atoms with Crippen LogP contribution in [-0.4, -0.2) is 36.5 Å². The average molecular weight is 445 g/mol. The fraction of sp³-hybridized carbons (Fsp3) is 0.538. The van der Waals surface area contributed by atoms with E-state index in [0.29, 0.717) is 29.9 Å². The van der Waals surface area contributed by atoms with Gasteiger partial charge in [0.15, 0.2) is 6.10 Å². The summed E-state index contributed by atoms with van der Waals surface area (Å²) >= 11 is 0. The molecule has 0 aliphatic carbocycles. The molecular formula is C26H36O6. The molecule has 2 rings (SSSR count). The first-order valence-electron chi connectivity index (χ1n) is 11.3. The van der Waals surface area contributed by atoms with Gasteiger partial charge in [-0.3, -0.25) is 0 Å². The second-order valence-electron chi connectivity index (χ2n) is 8.67. The summed E-state index contributed by atoms with van der Waals surface area (Å²) in [5.41, 5.74) is 3.38. The SMILES string of the molecule is COC1C=C(CCCC(C)=CC=CC(C)CCC=C(C)CC2OC(=O)C(C)=C2O)C(=O)O1. The Morgan fingerprint density at radius 1 is 1.22 bits per heavy atom. The lowest BCUT2D eigenvalue weighted by atomic mass is 10.0. The zero-order valence-electron chi connectivity index (χ0n) is 19.8. The molecule has 0 fully saturated rings. The number of carbonyl (C=O) groups excluding carboxylic acids is 2. The van der Waals surface area contributed by atoms with Crippen LogP contribution < -0.4 is 0 Å². The first kappa shape index (κ1) is 25.7. The highest BCUT2D eigenvalue weighted by Gasteiger charge is 2.31. The summed E-state index contributed by atoms with van der Waals surface area (Å²) in [6.07, 6.45) is 14.2. The molecule has 2 aliphatic rings. The number of ether oxygens (including phenoxy) is 3. The molecule has 6 heteroatoms. The Kier molecular flexibility index (Phi) is 9.97. The summed E-state index contributed by atoms with van der Waals surface area (Å²) in [6, 6.07) is 0. The van der Waals surface area contributed by atoms with Crippen molar-refractivity contribution in [2.24, 2.45) is 5.92 Å². The lowest BCUT2D eigenvalue weighted by Crippen LogP contribution is -2.12. The summed E-state index contributed by atoms with van der Waals surface area (Å²) in [6.45, 7) is 7.87. The first-order valence-corrected chi connectivity index (χ1v) is 11.3. The molecule has 3 atom stereocenters. The van der Waals surface area contributed by atoms with Crippen LogP contribution in [0.4, 0.5) is 0 Å². The van der Waals surface area contributed by atoms with Gasteiger partial charge in [0.2, 0.25) is 6.29 Å². The van der Waals surface area contributed by atoms with E-state index in [1.807, 2.05) is 6.92 Å². The molecule has 0 aromatic carbocycles. The summed E-state index contributed by atoms with van der Waals surface area (Å²) < 4.78 is 15.3. The molecule has 0 saturated carbocycles. The topological polar surface area (TPSA) is 82.1 Å². The van der Waals surface area contributed by atoms with E-state index in [2.05, 4.69) is 38.2 Å². The number of methoxy groups -OCH3 is 1. The summed E-state index contributed by atoms with van der Waals surface area (Å²) in [4.78, 5) is 23.2. The van der Waals surface area contributed by atoms with Crippen LogP contribution in [0.2, 0.25) is 0 Å². The number of aliphatic hydroxyl groups is 1. The number of allylic oxidation sites excluding steroid dienone is 5. The second-order valence-corrected chi connectivity index (χ2v) is 8.67. The fourth-order valence-electron chi connectivity index (χ4n) is 3.62. The lowest BCUT2D eigenvalue weighted by molar-refractivity contribution is -0.155. The van der Waals surface area contributed by atoms with E-state index in [1.165, 1.54) is 12.7 Å². The van der Waals surface area contributed by atoms with Gasteiger partial charge in [-0.15, -0.1) is 0 Å². The van der Waals surface area contributed by atoms with Crippen molar-refractivity contribution in [3.63, 3.8) is 0 Å². The van der Waals surface area contributed by atoms with Crippen LogP contribution in [0.3, 0.4) is 0 Å². The minimum absolute atomic E-state index is 0.0558. The molecule has 0 amide bonds. The first-order chi connectivity index (χ1) is 15.2. The van der Waals surface area contributed by atoms with E-state index in [9.17, 15) is 14.7 Å². The van der Waals surface area contributed by atoms with Crippen LogP contribution in [0.15, 0.2) is 58.4 Å². The molecule has 176 valence electrons. The van der Waals surface area contributed by atoms with Gasteiger partial charge in [0, 0.05) is 19.1 Å². The van der Waals surface area contributed by atoms with Crippen molar-refractivity contribution in [1.82, 2.24) is 0 Å². The monoisotopic (exact) mass is 444 g/mol. The number of esters is 2. The van der Waals surface area contributed by atoms with Gasteiger partial charge in [-0.05, 0) is 64.9 Å². The van der Waals surface area contributed by atoms with Crippen LogP contribution in [0, 0.1) is 5.92 Å². The maximum absolute atomic E-state index is 11.7. The number of cyclic esters (lactones) is 2. The summed E-state index contributed by atoms with van der Waals surface area (Å²) in [5.74, 6) is -0.211. The third-order valence-electron chi connectivity index (χ3n) is 5.76. The Labute approximate surface area is 191 Å². The predicted octanol–water partition coefficient (Wildman–Crippen LogP) is 5.63. The van der Waals surface area contributed by atoms with Gasteiger partial charge in [-0.2, -0.15) is 0 Å². The van der Waals surface area contributed by atoms with E-state index in [4.69, 9.17) is 14.2 Å². The number of rotatable bonds is 12. The van der Waals surface area contributed by atoms with Crippen molar-refractivity contribution >= 4 is 11.9 Å². The molecule has 0 aromatic rings. The van der Waals surface area contributed by atoms with Crippen molar-refractivity contribution in [3.05, 3.63) is 58.4 Å². The van der Waals surface area contributed by atoms with Gasteiger partial charge >= 0.3 is 11.9 Å². The Bertz CT molecular complexity index is 842. The zero-order chi connectivity index (χ0) is 23.7. The fourth-order valence-corrected chi connectivity index (χ4v) is 3.62. The lowest BCUT2D eigenvalue weighted by Gasteiger charge is -2.11. The van der Waals surface area contributed by atoms with E-state index in [-0.39, 0.29) is 11.7 Å². The Morgan fingerprint density at radius 3 is 2.59 bits per heavy atom. The zero-order valence-corrected chi connectivity index (χ0v) is 19.8. The van der Waals surface area contributed by atoms with Crippen LogP contribution in [0.5, 0.6) is 0 Å². The Balaban J connectivity index is 1.66. The van der Waals surface area contributed by atoms with Crippen molar-refractivity contribution < 1.29 is 28.9 Å². The van der Waals surface area contributed by atoms with Gasteiger partial charge in [-0.1, -0.05) is 42.4 Å². The van der Waals surface area contributed by atoms with Crippen LogP contribution >= 0.6 is 0 Å². The maximum atomic E-state index is 11.7. The molecule has 1 N–H and O–H groups in total. The third kappa shape index (κ3) is 7.83. The molecule has 2 aliphatic heterocycles. The molecule has 0 radical (unpaired) electrons. The summed E-state index contributed by atoms with van der Waals surface area (Å²) in [7, 11) is 1.52. The molecule has 0 bridgehead atoms. The van der Waals surface area contributed by atoms with Crippen molar-refractivity contribution in [3.8, 4) is 0 Å². The Morgan fingerprint density at radius 2 is 1.97 bits per heavy atom. The molecule has 32 heavy (non-hydrogen) atoms. The van der Waals surface area contributed by atoms with Crippen LogP contribution in [0.25, 0.3) is 0 Å². The molecular weight excluding hydrogens is 408 g/mol. The van der Waals surface area contributed by atoms with E-state index >= 15 is 0 Å². The number of hydrogen-bond acceptors (Lipinski definition) is 6. The quantitative estimate of drug-likeness (QED) is 0.239. The second kappa shape index (κ2) is 12.4. The van der Waals surface area contributed by atoms with E-state index in [1.54, 1.807) is 13.0 Å². The maximum Gasteiger partial charge on any atom is 0.338 e. The number of carbonyl (C=O) groups is 2. The molecule has 2 heterocycles. The van der Waals surface area contributed by atoms with E-state index in [0.717, 1.165) is 31.3 Å². The molecule has 6 nitrogen and oxygen atoms in total. The Hall–Kier alpha value is -2.60. The smallest absolute Gasteiger partial charge is 0.338 e. The normalized spacial score (nSPS) is 23.1. The van der Waals surface area contributed by atoms with Crippen LogP contribution in [-0.2, 0) is 23.8 Å². The van der Waals surface area contributed by atoms with Gasteiger partial charge in [0.25, 0.3) is 0 Å². The summed E-state index contributed by atoms with van der Waals surface area (Å²) in [5, 5.41) is 9.94. The number of hydrogen-bond donors (Lipinski definition) is 1. The molecule has 0 aromatic heterocycles. The van der Waals surface area contributed by atoms with Gasteiger partial charge in [0.1, 0.15) is 5.76 Å². The predicted molar refractivity (Wildman–Crippen MR) is 124 cm³/mol. The third-order valence-corrected chi connectivity index (χ3v) is 5.76. The standard InChI is InChI=1S/C26H36O6/c1-17(11-7-13-19(3)15-22-24(27)20(4)25(28)31-22)9-6-10-18(2)12-8-14-21-16-23(30-5)32-26(21)29/h6,9-10,13,16-17,22-23,27H,7-8,11-12,14-15H2,1-5H3. The highest BCUT2D eigenvalue weighted by molar-refractivity contribution is 5.91. The van der Waals surface area contributed by atoms with Crippen molar-refractivity contribution in [2.75, 3.05) is 7.11 Å². The van der Waals surface area contributed by atoms with Crippen LogP contribution in [0.1, 0.15) is 66.2 Å². The minimum atomic E-state index is -0.541.